The Balaban J connectivity index is 0. The molecule has 0 N–H and O–H groups in total. The fraction of sp³-hybridized carbons (Fsp3) is 0. The van der Waals surface area contributed by atoms with Crippen molar-refractivity contribution < 1.29 is 69.8 Å². The van der Waals surface area contributed by atoms with Crippen LogP contribution in [-0.2, 0) is 69.8 Å². The Bertz CT molecular complexity index is 8.00. The van der Waals surface area contributed by atoms with Gasteiger partial charge in [-0.3, -0.25) is 0 Å². The van der Waals surface area contributed by atoms with Crippen LogP contribution in [0, 0.1) is 0 Å². The predicted molar refractivity (Wildman–Crippen MR) is 0 cm³/mol. The largest absolute Gasteiger partial charge is 0 e. The third-order valence-electron chi connectivity index (χ3n) is 0. The summed E-state index contributed by atoms with van der Waals surface area (Å²) < 4.78 is 0. The van der Waals surface area contributed by atoms with Crippen LogP contribution in [0.25, 0.3) is 0 Å². The molecule has 0 saturated carbocycles. The SMILES string of the molecule is [Co].[Cr].[Fe].[V]. The zero-order valence-corrected chi connectivity index (χ0v) is 6.36. The van der Waals surface area contributed by atoms with Crippen molar-refractivity contribution in [3.63, 3.8) is 0 Å². The Labute approximate surface area is 69.2 Å². The van der Waals surface area contributed by atoms with Gasteiger partial charge in [-0.15, -0.1) is 0 Å². The van der Waals surface area contributed by atoms with Crippen LogP contribution in [0.3, 0.4) is 0 Å². The number of hydrogen-bond acceptors (Lipinski definition) is 0. The molecule has 0 aliphatic heterocycles. The Kier molecular flexibility index (Phi) is 170. The summed E-state index contributed by atoms with van der Waals surface area (Å²) in [6, 6.07) is 0. The van der Waals surface area contributed by atoms with Crippen LogP contribution >= 0.6 is 0 Å². The maximum absolute atomic E-state index is 0. The van der Waals surface area contributed by atoms with Gasteiger partial charge >= 0.3 is 0 Å². The molecule has 0 rings (SSSR count). The molecule has 0 nitrogen and oxygen atoms in total. The summed E-state index contributed by atoms with van der Waals surface area (Å²) in [5.74, 6) is 0. The smallest absolute Gasteiger partial charge is 0 e. The summed E-state index contributed by atoms with van der Waals surface area (Å²) in [5.41, 5.74) is 0. The third kappa shape index (κ3) is 8.91. The van der Waals surface area contributed by atoms with Crippen molar-refractivity contribution in [3.8, 4) is 0 Å². The Morgan fingerprint density at radius 1 is 1.00 bits per heavy atom. The van der Waals surface area contributed by atoms with Crippen molar-refractivity contribution >= 4 is 0 Å². The monoisotopic (exact) mass is 218 g/mol. The van der Waals surface area contributed by atoms with Gasteiger partial charge in [-0.25, -0.2) is 0 Å². The molecule has 0 aromatic rings. The van der Waals surface area contributed by atoms with Gasteiger partial charge in [0.05, 0.1) is 0 Å². The van der Waals surface area contributed by atoms with Crippen LogP contribution in [0.2, 0.25) is 0 Å². The Morgan fingerprint density at radius 2 is 1.00 bits per heavy atom. The number of hydrogen-bond donors (Lipinski definition) is 0. The van der Waals surface area contributed by atoms with E-state index in [2.05, 4.69) is 0 Å². The second-order valence-corrected chi connectivity index (χ2v) is 0. The van der Waals surface area contributed by atoms with Crippen LogP contribution in [0.5, 0.6) is 0 Å². The summed E-state index contributed by atoms with van der Waals surface area (Å²) in [6.45, 7) is 0. The standard InChI is InChI=1S/Co.Cr.Fe.V. The van der Waals surface area contributed by atoms with Crippen LogP contribution in [-0.4, -0.2) is 0 Å². The summed E-state index contributed by atoms with van der Waals surface area (Å²) in [5, 5.41) is 0. The Hall–Kier alpha value is 2.14. The minimum atomic E-state index is 0. The first kappa shape index (κ1) is 35.4. The summed E-state index contributed by atoms with van der Waals surface area (Å²) >= 11 is 0. The van der Waals surface area contributed by atoms with Crippen LogP contribution in [0.15, 0.2) is 0 Å². The van der Waals surface area contributed by atoms with Crippen LogP contribution in [0.1, 0.15) is 0 Å². The molecule has 4 heavy (non-hydrogen) atoms. The Morgan fingerprint density at radius 3 is 1.00 bits per heavy atom. The summed E-state index contributed by atoms with van der Waals surface area (Å²) in [4.78, 5) is 0. The summed E-state index contributed by atoms with van der Waals surface area (Å²) in [7, 11) is 0. The van der Waals surface area contributed by atoms with E-state index in [1.54, 1.807) is 0 Å². The minimum Gasteiger partial charge on any atom is 0 e. The maximum atomic E-state index is 0. The molecular formula is CoCrFeV. The van der Waals surface area contributed by atoms with Gasteiger partial charge in [-0.05, 0) is 0 Å². The van der Waals surface area contributed by atoms with Gasteiger partial charge < -0.3 is 0 Å². The molecule has 0 heterocycles. The van der Waals surface area contributed by atoms with E-state index in [0.29, 0.717) is 0 Å². The fourth-order valence-corrected chi connectivity index (χ4v) is 0. The topological polar surface area (TPSA) is 0 Å². The van der Waals surface area contributed by atoms with Crippen molar-refractivity contribution in [3.05, 3.63) is 0 Å². The molecule has 0 spiro atoms. The van der Waals surface area contributed by atoms with E-state index in [1.165, 1.54) is 0 Å². The van der Waals surface area contributed by atoms with Crippen LogP contribution in [0.4, 0.5) is 0 Å². The second-order valence-electron chi connectivity index (χ2n) is 0. The van der Waals surface area contributed by atoms with Gasteiger partial charge in [0.15, 0.2) is 0 Å². The molecule has 0 aliphatic carbocycles. The van der Waals surface area contributed by atoms with Crippen molar-refractivity contribution in [2.24, 2.45) is 0 Å². The molecule has 0 atom stereocenters. The second kappa shape index (κ2) is 19.2. The van der Waals surface area contributed by atoms with Gasteiger partial charge in [0, 0.05) is 69.8 Å². The van der Waals surface area contributed by atoms with Gasteiger partial charge in [0.25, 0.3) is 0 Å². The molecule has 4 heteroatoms. The van der Waals surface area contributed by atoms with E-state index in [9.17, 15) is 0 Å². The van der Waals surface area contributed by atoms with Gasteiger partial charge in [-0.2, -0.15) is 0 Å². The molecule has 0 aromatic heterocycles. The molecule has 0 aliphatic rings. The first-order valence-corrected chi connectivity index (χ1v) is 0. The van der Waals surface area contributed by atoms with Crippen molar-refractivity contribution in [2.45, 2.75) is 0 Å². The van der Waals surface area contributed by atoms with Crippen molar-refractivity contribution in [2.75, 3.05) is 0 Å². The quantitative estimate of drug-likeness (QED) is 0.501. The molecule has 0 unspecified atom stereocenters. The maximum Gasteiger partial charge on any atom is 0 e. The molecule has 2 radical (unpaired) electrons. The fourth-order valence-electron chi connectivity index (χ4n) is 0. The molecule has 0 amide bonds. The zero-order chi connectivity index (χ0) is 0. The van der Waals surface area contributed by atoms with E-state index in [1.807, 2.05) is 0 Å². The van der Waals surface area contributed by atoms with E-state index < -0.39 is 0 Å². The third-order valence-corrected chi connectivity index (χ3v) is 0. The zero-order valence-electron chi connectivity index (χ0n) is 1.54. The van der Waals surface area contributed by atoms with Crippen molar-refractivity contribution in [1.29, 1.82) is 0 Å². The predicted octanol–water partition coefficient (Wildman–Crippen LogP) is -0.0100. The van der Waals surface area contributed by atoms with E-state index in [-0.39, 0.29) is 69.8 Å². The van der Waals surface area contributed by atoms with Gasteiger partial charge in [-0.1, -0.05) is 0 Å². The molecular weight excluding hydrogens is 218 g/mol. The van der Waals surface area contributed by atoms with Gasteiger partial charge in [0.2, 0.25) is 0 Å². The van der Waals surface area contributed by atoms with E-state index in [0.717, 1.165) is 0 Å². The molecule has 0 aromatic carbocycles. The summed E-state index contributed by atoms with van der Waals surface area (Å²) in [6.07, 6.45) is 0. The van der Waals surface area contributed by atoms with E-state index >= 15 is 0 Å². The normalized spacial score (nSPS) is 0. The van der Waals surface area contributed by atoms with Gasteiger partial charge in [0.1, 0.15) is 0 Å². The van der Waals surface area contributed by atoms with Crippen LogP contribution < -0.4 is 0 Å². The first-order valence-electron chi connectivity index (χ1n) is 0. The van der Waals surface area contributed by atoms with Crippen molar-refractivity contribution in [1.82, 2.24) is 0 Å². The first-order chi connectivity index (χ1) is 0. The average Bonchev–Trinajstić information content (AvgIpc) is 0. The molecule has 28 valence electrons. The van der Waals surface area contributed by atoms with E-state index in [4.69, 9.17) is 0 Å². The molecule has 0 fully saturated rings. The number of rotatable bonds is 0. The molecule has 0 saturated heterocycles. The molecule has 0 bridgehead atoms. The average molecular weight is 218 g/mol. The minimum absolute atomic E-state index is 0.